The van der Waals surface area contributed by atoms with E-state index >= 15 is 0 Å². The number of hydrogen-bond acceptors (Lipinski definition) is 7. The lowest BCUT2D eigenvalue weighted by Crippen LogP contribution is -2.37. The lowest BCUT2D eigenvalue weighted by molar-refractivity contribution is -0.207. The molecule has 3 aromatic heterocycles. The highest BCUT2D eigenvalue weighted by atomic mass is 35.5. The topological polar surface area (TPSA) is 116 Å². The van der Waals surface area contributed by atoms with Gasteiger partial charge >= 0.3 is 11.9 Å². The quantitative estimate of drug-likeness (QED) is 0.303. The van der Waals surface area contributed by atoms with Gasteiger partial charge in [0.15, 0.2) is 17.8 Å². The summed E-state index contributed by atoms with van der Waals surface area (Å²) in [6, 6.07) is 7.35. The van der Waals surface area contributed by atoms with E-state index in [0.29, 0.717) is 21.0 Å². The van der Waals surface area contributed by atoms with E-state index in [1.54, 1.807) is 0 Å². The van der Waals surface area contributed by atoms with Gasteiger partial charge in [0.1, 0.15) is 18.6 Å². The molecule has 4 aromatic rings. The van der Waals surface area contributed by atoms with E-state index in [4.69, 9.17) is 11.6 Å². The summed E-state index contributed by atoms with van der Waals surface area (Å²) >= 11 is 5.89. The molecule has 4 rings (SSSR count). The molecule has 0 amide bonds. The molecule has 0 saturated heterocycles. The molecule has 0 fully saturated rings. The molecule has 16 heteroatoms. The number of rotatable bonds is 9. The van der Waals surface area contributed by atoms with Crippen LogP contribution in [0.5, 0.6) is 0 Å². The Kier molecular flexibility index (Phi) is 7.51. The number of alkyl halides is 5. The van der Waals surface area contributed by atoms with Gasteiger partial charge in [0, 0.05) is 23.7 Å². The van der Waals surface area contributed by atoms with Crippen molar-refractivity contribution >= 4 is 17.3 Å². The van der Waals surface area contributed by atoms with E-state index in [2.05, 4.69) is 25.5 Å². The Hall–Kier alpha value is -3.85. The Balaban J connectivity index is 1.65. The fourth-order valence-electron chi connectivity index (χ4n) is 3.39. The molecule has 1 aromatic carbocycles. The van der Waals surface area contributed by atoms with Crippen LogP contribution in [0.4, 0.5) is 27.6 Å². The highest BCUT2D eigenvalue weighted by molar-refractivity contribution is 6.30. The number of nitrogens with one attached hydrogen (secondary N) is 1. The number of pyridine rings is 1. The summed E-state index contributed by atoms with van der Waals surface area (Å²) in [5.74, 6) is -3.06. The van der Waals surface area contributed by atoms with Crippen molar-refractivity contribution in [1.29, 1.82) is 0 Å². The zero-order chi connectivity index (χ0) is 27.7. The van der Waals surface area contributed by atoms with Gasteiger partial charge in [-0.15, -0.1) is 10.2 Å². The van der Waals surface area contributed by atoms with Gasteiger partial charge in [-0.25, -0.2) is 27.9 Å². The van der Waals surface area contributed by atoms with Crippen LogP contribution in [0.2, 0.25) is 5.02 Å². The summed E-state index contributed by atoms with van der Waals surface area (Å²) in [5, 5.41) is 20.9. The molecule has 0 aliphatic heterocycles. The number of benzene rings is 1. The molecule has 202 valence electrons. The monoisotopic (exact) mass is 558 g/mol. The van der Waals surface area contributed by atoms with E-state index < -0.39 is 37.0 Å². The van der Waals surface area contributed by atoms with Gasteiger partial charge in [-0.05, 0) is 30.3 Å². The minimum Gasteiger partial charge on any atom is -0.382 e. The lowest BCUT2D eigenvalue weighted by Gasteiger charge is -2.15. The maximum absolute atomic E-state index is 13.3. The van der Waals surface area contributed by atoms with E-state index in [9.17, 15) is 31.9 Å². The highest BCUT2D eigenvalue weighted by Crippen LogP contribution is 2.24. The highest BCUT2D eigenvalue weighted by Gasteiger charge is 2.39. The molecule has 1 atom stereocenters. The lowest BCUT2D eigenvalue weighted by atomic mass is 10.2. The van der Waals surface area contributed by atoms with Gasteiger partial charge in [0.05, 0.1) is 25.0 Å². The summed E-state index contributed by atoms with van der Waals surface area (Å²) in [6.45, 7) is -1.31. The molecule has 0 bridgehead atoms. The van der Waals surface area contributed by atoms with Gasteiger partial charge < -0.3 is 10.4 Å². The number of halogens is 6. The number of aliphatic hydroxyl groups is 1. The average Bonchev–Trinajstić information content (AvgIpc) is 3.43. The molecular formula is C22H20ClF5N8O2. The molecule has 0 radical (unpaired) electrons. The maximum Gasteiger partial charge on any atom is 0.416 e. The Morgan fingerprint density at radius 3 is 2.47 bits per heavy atom. The second-order valence-electron chi connectivity index (χ2n) is 8.36. The zero-order valence-corrected chi connectivity index (χ0v) is 20.3. The van der Waals surface area contributed by atoms with Crippen LogP contribution in [0.3, 0.4) is 0 Å². The molecule has 38 heavy (non-hydrogen) atoms. The number of aromatic nitrogens is 7. The Bertz CT molecular complexity index is 1460. The summed E-state index contributed by atoms with van der Waals surface area (Å²) in [6.07, 6.45) is -3.74. The third kappa shape index (κ3) is 6.34. The van der Waals surface area contributed by atoms with Crippen LogP contribution in [0, 0.1) is 0 Å². The molecule has 0 aliphatic rings. The zero-order valence-electron chi connectivity index (χ0n) is 19.6. The van der Waals surface area contributed by atoms with Crippen LogP contribution in [-0.2, 0) is 13.1 Å². The summed E-state index contributed by atoms with van der Waals surface area (Å²) in [4.78, 5) is 21.1. The van der Waals surface area contributed by atoms with Gasteiger partial charge in [-0.2, -0.15) is 13.2 Å². The Morgan fingerprint density at radius 1 is 1.11 bits per heavy atom. The smallest absolute Gasteiger partial charge is 0.382 e. The fraction of sp³-hybridized carbons (Fsp3) is 0.318. The van der Waals surface area contributed by atoms with Crippen LogP contribution in [0.25, 0.3) is 17.1 Å². The molecule has 0 unspecified atom stereocenters. The Labute approximate surface area is 216 Å². The normalized spacial score (nSPS) is 13.1. The molecule has 10 nitrogen and oxygen atoms in total. The summed E-state index contributed by atoms with van der Waals surface area (Å²) in [7, 11) is 0. The van der Waals surface area contributed by atoms with Gasteiger partial charge in [0.25, 0.3) is 5.92 Å². The van der Waals surface area contributed by atoms with Crippen molar-refractivity contribution in [2.24, 2.45) is 0 Å². The van der Waals surface area contributed by atoms with Crippen molar-refractivity contribution in [3.8, 4) is 17.1 Å². The predicted molar refractivity (Wildman–Crippen MR) is 126 cm³/mol. The van der Waals surface area contributed by atoms with E-state index in [-0.39, 0.29) is 23.8 Å². The van der Waals surface area contributed by atoms with Gasteiger partial charge in [0.2, 0.25) is 0 Å². The van der Waals surface area contributed by atoms with Gasteiger partial charge in [-0.3, -0.25) is 9.55 Å². The minimum atomic E-state index is -4.96. The maximum atomic E-state index is 13.3. The van der Waals surface area contributed by atoms with Crippen LogP contribution in [0.15, 0.2) is 53.8 Å². The first-order chi connectivity index (χ1) is 17.8. The molecule has 3 heterocycles. The van der Waals surface area contributed by atoms with Crippen molar-refractivity contribution in [2.45, 2.75) is 38.2 Å². The first kappa shape index (κ1) is 27.2. The third-order valence-corrected chi connectivity index (χ3v) is 5.48. The average molecular weight is 559 g/mol. The molecular weight excluding hydrogens is 539 g/mol. The van der Waals surface area contributed by atoms with Gasteiger partial charge in [-0.1, -0.05) is 11.6 Å². The van der Waals surface area contributed by atoms with E-state index in [1.165, 1.54) is 53.7 Å². The number of anilines is 1. The Morgan fingerprint density at radius 2 is 1.82 bits per heavy atom. The van der Waals surface area contributed by atoms with Crippen LogP contribution < -0.4 is 11.0 Å². The predicted octanol–water partition coefficient (Wildman–Crippen LogP) is 3.38. The van der Waals surface area contributed by atoms with Crippen molar-refractivity contribution in [1.82, 2.24) is 34.1 Å². The fourth-order valence-corrected chi connectivity index (χ4v) is 3.51. The number of hydrogen-bond donors (Lipinski definition) is 2. The van der Waals surface area contributed by atoms with E-state index in [1.807, 2.05) is 0 Å². The van der Waals surface area contributed by atoms with Crippen LogP contribution in [-0.4, -0.2) is 64.0 Å². The third-order valence-electron chi connectivity index (χ3n) is 5.23. The SMILES string of the molecule is CC(F)(F)CNc1ccncc1-n1cnc(Cn2nc(-c3ccc(Cl)cc3)n(C[C@H](O)C(F)(F)F)c2=O)n1. The van der Waals surface area contributed by atoms with Crippen LogP contribution in [0.1, 0.15) is 12.7 Å². The first-order valence-electron chi connectivity index (χ1n) is 11.0. The molecule has 0 saturated carbocycles. The largest absolute Gasteiger partial charge is 0.416 e. The van der Waals surface area contributed by atoms with Crippen LogP contribution >= 0.6 is 11.6 Å². The first-order valence-corrected chi connectivity index (χ1v) is 11.3. The second-order valence-corrected chi connectivity index (χ2v) is 8.80. The molecule has 2 N–H and O–H groups in total. The van der Waals surface area contributed by atoms with Crippen molar-refractivity contribution in [3.63, 3.8) is 0 Å². The minimum absolute atomic E-state index is 0.0476. The van der Waals surface area contributed by atoms with Crippen molar-refractivity contribution in [2.75, 3.05) is 11.9 Å². The summed E-state index contributed by atoms with van der Waals surface area (Å²) < 4.78 is 68.5. The molecule has 0 spiro atoms. The number of nitrogens with zero attached hydrogens (tertiary/aromatic N) is 7. The van der Waals surface area contributed by atoms with Crippen molar-refractivity contribution < 1.29 is 27.1 Å². The van der Waals surface area contributed by atoms with Crippen molar-refractivity contribution in [3.05, 3.63) is 70.4 Å². The standard InChI is InChI=1S/C22H20ClF5N8O2/c1-21(24,25)11-30-15-6-7-29-8-16(15)36-12-31-18(32-36)10-35-20(38)34(9-17(37)22(26,27)28)19(33-35)13-2-4-14(23)5-3-13/h2-8,12,17,37H,9-11H2,1H3,(H,29,30)/t17-/m0/s1. The summed E-state index contributed by atoms with van der Waals surface area (Å²) in [5.41, 5.74) is -0.0606. The second kappa shape index (κ2) is 10.5. The molecule has 0 aliphatic carbocycles. The number of aliphatic hydroxyl groups excluding tert-OH is 1. The van der Waals surface area contributed by atoms with E-state index in [0.717, 1.165) is 11.6 Å².